The van der Waals surface area contributed by atoms with Crippen molar-refractivity contribution in [3.63, 3.8) is 0 Å². The number of methoxy groups -OCH3 is 2. The molecule has 242 valence electrons. The molecule has 0 aromatic heterocycles. The molecule has 1 N–H and O–H groups in total. The Morgan fingerprint density at radius 3 is 2.33 bits per heavy atom. The molecule has 2 aliphatic heterocycles. The van der Waals surface area contributed by atoms with Crippen LogP contribution in [0.3, 0.4) is 0 Å². The molecule has 0 radical (unpaired) electrons. The fraction of sp³-hybridized carbons (Fsp3) is 0.364. The number of ether oxygens (including phenoxy) is 8. The van der Waals surface area contributed by atoms with Gasteiger partial charge in [0.25, 0.3) is 0 Å². The second-order valence-corrected chi connectivity index (χ2v) is 11.2. The average Bonchev–Trinajstić information content (AvgIpc) is 3.69. The lowest BCUT2D eigenvalue weighted by atomic mass is 9.66. The highest BCUT2D eigenvalue weighted by Gasteiger charge is 2.54. The highest BCUT2D eigenvalue weighted by atomic mass is 35.5. The third-order valence-electron chi connectivity index (χ3n) is 8.16. The van der Waals surface area contributed by atoms with Crippen molar-refractivity contribution in [1.82, 2.24) is 5.32 Å². The number of nitrogens with one attached hydrogen (secondary N) is 1. The van der Waals surface area contributed by atoms with Crippen LogP contribution in [0.25, 0.3) is 0 Å². The Morgan fingerprint density at radius 1 is 0.957 bits per heavy atom. The van der Waals surface area contributed by atoms with E-state index in [0.717, 1.165) is 5.56 Å². The number of hydrogen-bond acceptors (Lipinski definition) is 11. The van der Waals surface area contributed by atoms with E-state index in [-0.39, 0.29) is 37.3 Å². The Morgan fingerprint density at radius 2 is 1.65 bits per heavy atom. The van der Waals surface area contributed by atoms with Gasteiger partial charge in [-0.25, -0.2) is 9.59 Å². The zero-order valence-electron chi connectivity index (χ0n) is 25.1. The van der Waals surface area contributed by atoms with Gasteiger partial charge < -0.3 is 43.2 Å². The summed E-state index contributed by atoms with van der Waals surface area (Å²) in [7, 11) is 2.85. The quantitative estimate of drug-likeness (QED) is 0.0979. The molecule has 1 amide bonds. The summed E-state index contributed by atoms with van der Waals surface area (Å²) in [5, 5.41) is 2.71. The van der Waals surface area contributed by atoms with Gasteiger partial charge in [-0.15, -0.1) is 11.6 Å². The summed E-state index contributed by atoms with van der Waals surface area (Å²) in [5.74, 6) is -0.603. The Labute approximate surface area is 269 Å². The molecule has 3 aromatic rings. The number of carbonyl (C=O) groups is 3. The molecule has 1 saturated heterocycles. The molecule has 4 atom stereocenters. The number of benzene rings is 3. The summed E-state index contributed by atoms with van der Waals surface area (Å²) in [6.07, 6.45) is -1.84. The molecule has 12 nitrogen and oxygen atoms in total. The van der Waals surface area contributed by atoms with E-state index in [2.05, 4.69) is 5.32 Å². The van der Waals surface area contributed by atoms with E-state index in [1.807, 2.05) is 30.3 Å². The normalized spacial score (nSPS) is 20.5. The molecule has 0 saturated carbocycles. The van der Waals surface area contributed by atoms with Crippen molar-refractivity contribution in [2.45, 2.75) is 25.0 Å². The predicted molar refractivity (Wildman–Crippen MR) is 162 cm³/mol. The van der Waals surface area contributed by atoms with Crippen molar-refractivity contribution in [1.29, 1.82) is 0 Å². The van der Waals surface area contributed by atoms with Crippen molar-refractivity contribution in [2.75, 3.05) is 40.0 Å². The smallest absolute Gasteiger partial charge is 0.493 e. The molecule has 46 heavy (non-hydrogen) atoms. The van der Waals surface area contributed by atoms with Gasteiger partial charge in [0.2, 0.25) is 12.5 Å². The van der Waals surface area contributed by atoms with Gasteiger partial charge in [-0.05, 0) is 47.4 Å². The molecule has 3 aromatic carbocycles. The minimum absolute atomic E-state index is 0.00825. The Bertz CT molecular complexity index is 1590. The number of rotatable bonds is 10. The molecule has 0 bridgehead atoms. The summed E-state index contributed by atoms with van der Waals surface area (Å²) < 4.78 is 45.0. The van der Waals surface area contributed by atoms with Crippen LogP contribution in [0.2, 0.25) is 0 Å². The lowest BCUT2D eigenvalue weighted by Gasteiger charge is -2.38. The van der Waals surface area contributed by atoms with Crippen LogP contribution in [0.4, 0.5) is 9.59 Å². The lowest BCUT2D eigenvalue weighted by Crippen LogP contribution is -2.38. The van der Waals surface area contributed by atoms with Crippen LogP contribution < -0.4 is 29.0 Å². The summed E-state index contributed by atoms with van der Waals surface area (Å²) in [5.41, 5.74) is 2.71. The first-order chi connectivity index (χ1) is 22.4. The highest BCUT2D eigenvalue weighted by molar-refractivity contribution is 6.17. The second-order valence-electron chi connectivity index (χ2n) is 10.8. The van der Waals surface area contributed by atoms with Crippen molar-refractivity contribution in [2.24, 2.45) is 11.8 Å². The highest BCUT2D eigenvalue weighted by Crippen LogP contribution is 2.56. The van der Waals surface area contributed by atoms with Crippen LogP contribution in [0.15, 0.2) is 54.6 Å². The van der Waals surface area contributed by atoms with Crippen LogP contribution in [0, 0.1) is 11.8 Å². The van der Waals surface area contributed by atoms with Crippen molar-refractivity contribution in [3.8, 4) is 28.7 Å². The van der Waals surface area contributed by atoms with E-state index >= 15 is 0 Å². The van der Waals surface area contributed by atoms with Crippen LogP contribution in [0.5, 0.6) is 28.7 Å². The van der Waals surface area contributed by atoms with Crippen LogP contribution >= 0.6 is 11.6 Å². The lowest BCUT2D eigenvalue weighted by molar-refractivity contribution is -0.141. The van der Waals surface area contributed by atoms with E-state index in [1.165, 1.54) is 14.2 Å². The third-order valence-corrected chi connectivity index (χ3v) is 8.43. The molecule has 6 rings (SSSR count). The number of cyclic esters (lactones) is 1. The molecule has 0 spiro atoms. The fourth-order valence-corrected chi connectivity index (χ4v) is 6.22. The molecule has 1 fully saturated rings. The number of halogens is 1. The van der Waals surface area contributed by atoms with E-state index < -0.39 is 42.1 Å². The first kappa shape index (κ1) is 31.2. The van der Waals surface area contributed by atoms with Gasteiger partial charge in [0.1, 0.15) is 12.7 Å². The van der Waals surface area contributed by atoms with Crippen molar-refractivity contribution in [3.05, 3.63) is 76.9 Å². The Kier molecular flexibility index (Phi) is 9.25. The van der Waals surface area contributed by atoms with Gasteiger partial charge in [0.15, 0.2) is 23.0 Å². The number of alkyl halides is 1. The van der Waals surface area contributed by atoms with Gasteiger partial charge in [-0.2, -0.15) is 0 Å². The Balaban J connectivity index is 1.37. The number of esters is 1. The van der Waals surface area contributed by atoms with E-state index in [1.54, 1.807) is 24.3 Å². The SMILES string of the molecule is COc1cc([C@@H]2c3cc4c(cc3[C@@H](OC(=O)NCCCCl)[C@H]3COC(=O)[C@H]23)OCO4)cc(OC)c1OC(=O)OCc1ccccc1. The van der Waals surface area contributed by atoms with Crippen LogP contribution in [-0.4, -0.2) is 58.3 Å². The molecule has 1 aliphatic carbocycles. The average molecular weight is 654 g/mol. The van der Waals surface area contributed by atoms with Gasteiger partial charge in [0, 0.05) is 29.8 Å². The number of amides is 1. The number of fused-ring (bicyclic) bond motifs is 3. The zero-order chi connectivity index (χ0) is 32.2. The number of hydrogen-bond donors (Lipinski definition) is 1. The maximum absolute atomic E-state index is 13.4. The molecule has 3 aliphatic rings. The largest absolute Gasteiger partial charge is 0.514 e. The van der Waals surface area contributed by atoms with Crippen molar-refractivity contribution < 1.29 is 52.3 Å². The zero-order valence-corrected chi connectivity index (χ0v) is 25.9. The van der Waals surface area contributed by atoms with Gasteiger partial charge in [0.05, 0.1) is 26.7 Å². The summed E-state index contributed by atoms with van der Waals surface area (Å²) >= 11 is 5.76. The van der Waals surface area contributed by atoms with Crippen LogP contribution in [-0.2, 0) is 25.6 Å². The van der Waals surface area contributed by atoms with Crippen molar-refractivity contribution >= 4 is 29.8 Å². The summed E-state index contributed by atoms with van der Waals surface area (Å²) in [4.78, 5) is 38.9. The van der Waals surface area contributed by atoms with Gasteiger partial charge in [-0.1, -0.05) is 30.3 Å². The summed E-state index contributed by atoms with van der Waals surface area (Å²) in [6.45, 7) is 0.409. The maximum atomic E-state index is 13.4. The fourth-order valence-electron chi connectivity index (χ4n) is 6.09. The summed E-state index contributed by atoms with van der Waals surface area (Å²) in [6, 6.07) is 16.1. The van der Waals surface area contributed by atoms with Gasteiger partial charge >= 0.3 is 18.2 Å². The molecular weight excluding hydrogens is 622 g/mol. The minimum atomic E-state index is -0.951. The first-order valence-corrected chi connectivity index (χ1v) is 15.2. The topological polar surface area (TPSA) is 137 Å². The van der Waals surface area contributed by atoms with Gasteiger partial charge in [-0.3, -0.25) is 4.79 Å². The molecule has 13 heteroatoms. The van der Waals surface area contributed by atoms with E-state index in [0.29, 0.717) is 47.0 Å². The predicted octanol–water partition coefficient (Wildman–Crippen LogP) is 5.48. The first-order valence-electron chi connectivity index (χ1n) is 14.7. The molecule has 2 heterocycles. The Hall–Kier alpha value is -4.84. The number of carbonyl (C=O) groups excluding carboxylic acids is 3. The molecular formula is C33H32ClNO11. The maximum Gasteiger partial charge on any atom is 0.514 e. The van der Waals surface area contributed by atoms with E-state index in [9.17, 15) is 14.4 Å². The minimum Gasteiger partial charge on any atom is -0.493 e. The van der Waals surface area contributed by atoms with Crippen LogP contribution in [0.1, 0.15) is 40.7 Å². The standard InChI is InChI=1S/C33H32ClNO11/c1-39-25-11-19(12-26(40-2)30(25)46-33(38)42-15-18-7-4-3-5-8-18)27-20-13-23-24(44-17-43-23)14-21(20)29(22-16-41-31(36)28(22)27)45-32(37)35-10-6-9-34/h3-5,7-8,11-14,22,27-29H,6,9-10,15-17H2,1-2H3,(H,35,37)/t22-,27+,28-,29+/m0/s1. The number of alkyl carbamates (subject to hydrolysis) is 1. The monoisotopic (exact) mass is 653 g/mol. The molecule has 0 unspecified atom stereocenters. The van der Waals surface area contributed by atoms with E-state index in [4.69, 9.17) is 49.5 Å². The third kappa shape index (κ3) is 6.17. The second kappa shape index (κ2) is 13.7.